The molecule has 0 radical (unpaired) electrons. The van der Waals surface area contributed by atoms with Crippen LogP contribution in [0, 0.1) is 5.92 Å². The first-order valence-corrected chi connectivity index (χ1v) is 5.59. The molecule has 0 bridgehead atoms. The van der Waals surface area contributed by atoms with E-state index in [4.69, 9.17) is 15.7 Å². The van der Waals surface area contributed by atoms with Crippen LogP contribution < -0.4 is 15.8 Å². The van der Waals surface area contributed by atoms with Gasteiger partial charge in [-0.15, -0.1) is 0 Å². The summed E-state index contributed by atoms with van der Waals surface area (Å²) in [4.78, 5) is 11.8. The quantitative estimate of drug-likeness (QED) is 0.319. The van der Waals surface area contributed by atoms with E-state index in [1.165, 1.54) is 0 Å². The van der Waals surface area contributed by atoms with Gasteiger partial charge in [-0.2, -0.15) is 0 Å². The van der Waals surface area contributed by atoms with Crippen LogP contribution in [-0.4, -0.2) is 23.6 Å². The largest absolute Gasteiger partial charge is 0.494 e. The Morgan fingerprint density at radius 2 is 2.33 bits per heavy atom. The van der Waals surface area contributed by atoms with Gasteiger partial charge >= 0.3 is 0 Å². The monoisotopic (exact) mass is 251 g/mol. The highest BCUT2D eigenvalue weighted by molar-refractivity contribution is 6.07. The van der Waals surface area contributed by atoms with Crippen LogP contribution in [0.5, 0.6) is 5.75 Å². The zero-order valence-corrected chi connectivity index (χ0v) is 10.4. The fraction of sp³-hybridized carbons (Fsp3) is 0.333. The molecule has 0 spiro atoms. The maximum atomic E-state index is 11.8. The van der Waals surface area contributed by atoms with Crippen LogP contribution in [0.3, 0.4) is 0 Å². The normalized spacial score (nSPS) is 12.9. The van der Waals surface area contributed by atoms with E-state index in [0.717, 1.165) is 0 Å². The third kappa shape index (κ3) is 3.65. The van der Waals surface area contributed by atoms with Crippen LogP contribution in [0.2, 0.25) is 0 Å². The van der Waals surface area contributed by atoms with E-state index in [2.05, 4.69) is 10.5 Å². The number of amides is 1. The number of hydrogen-bond donors (Lipinski definition) is 3. The molecule has 1 atom stereocenters. The first-order chi connectivity index (χ1) is 8.58. The van der Waals surface area contributed by atoms with Crippen LogP contribution in [0.25, 0.3) is 0 Å². The van der Waals surface area contributed by atoms with Gasteiger partial charge in [-0.25, -0.2) is 0 Å². The number of nitrogens with one attached hydrogen (secondary N) is 1. The van der Waals surface area contributed by atoms with Crippen molar-refractivity contribution in [2.45, 2.75) is 13.8 Å². The van der Waals surface area contributed by atoms with E-state index >= 15 is 0 Å². The van der Waals surface area contributed by atoms with Gasteiger partial charge in [-0.1, -0.05) is 11.2 Å². The molecule has 6 nitrogen and oxygen atoms in total. The smallest absolute Gasteiger partial charge is 0.234 e. The predicted octanol–water partition coefficient (Wildman–Crippen LogP) is 1.41. The van der Waals surface area contributed by atoms with Gasteiger partial charge in [0, 0.05) is 11.8 Å². The second kappa shape index (κ2) is 6.48. The van der Waals surface area contributed by atoms with Gasteiger partial charge in [0.2, 0.25) is 5.91 Å². The van der Waals surface area contributed by atoms with Crippen LogP contribution >= 0.6 is 0 Å². The average Bonchev–Trinajstić information content (AvgIpc) is 2.37. The number of ether oxygens (including phenoxy) is 1. The number of benzene rings is 1. The average molecular weight is 251 g/mol. The van der Waals surface area contributed by atoms with Crippen molar-refractivity contribution in [3.63, 3.8) is 0 Å². The lowest BCUT2D eigenvalue weighted by atomic mass is 10.1. The standard InChI is InChI=1S/C12H17N3O3/c1-3-18-10-6-4-5-9(7-10)14-12(16)8(2)11(13)15-17/h4-8,17H,3H2,1-2H3,(H2,13,15)(H,14,16). The molecule has 1 unspecified atom stereocenters. The molecule has 0 saturated carbocycles. The van der Waals surface area contributed by atoms with Gasteiger partial charge in [0.05, 0.1) is 12.5 Å². The summed E-state index contributed by atoms with van der Waals surface area (Å²) in [5.74, 6) is -0.509. The number of oxime groups is 1. The van der Waals surface area contributed by atoms with E-state index in [1.807, 2.05) is 6.92 Å². The van der Waals surface area contributed by atoms with Gasteiger partial charge in [-0.05, 0) is 26.0 Å². The maximum absolute atomic E-state index is 11.8. The molecule has 6 heteroatoms. The minimum Gasteiger partial charge on any atom is -0.494 e. The van der Waals surface area contributed by atoms with Gasteiger partial charge in [0.25, 0.3) is 0 Å². The van der Waals surface area contributed by atoms with E-state index in [0.29, 0.717) is 18.0 Å². The van der Waals surface area contributed by atoms with Crippen molar-refractivity contribution in [2.24, 2.45) is 16.8 Å². The molecule has 0 saturated heterocycles. The van der Waals surface area contributed by atoms with Crippen LogP contribution in [0.15, 0.2) is 29.4 Å². The van der Waals surface area contributed by atoms with Gasteiger partial charge in [0.1, 0.15) is 5.75 Å². The molecular weight excluding hydrogens is 234 g/mol. The number of amidine groups is 1. The zero-order chi connectivity index (χ0) is 13.5. The SMILES string of the molecule is CCOc1cccc(NC(=O)C(C)C(N)=NO)c1. The Morgan fingerprint density at radius 1 is 1.61 bits per heavy atom. The molecule has 1 aromatic rings. The van der Waals surface area contributed by atoms with Crippen molar-refractivity contribution in [2.75, 3.05) is 11.9 Å². The van der Waals surface area contributed by atoms with Crippen molar-refractivity contribution >= 4 is 17.4 Å². The highest BCUT2D eigenvalue weighted by Gasteiger charge is 2.17. The summed E-state index contributed by atoms with van der Waals surface area (Å²) in [5.41, 5.74) is 5.96. The van der Waals surface area contributed by atoms with Crippen LogP contribution in [0.1, 0.15) is 13.8 Å². The molecule has 0 fully saturated rings. The number of carbonyl (C=O) groups excluding carboxylic acids is 1. The topological polar surface area (TPSA) is 96.9 Å². The van der Waals surface area contributed by atoms with Crippen molar-refractivity contribution in [1.82, 2.24) is 0 Å². The van der Waals surface area contributed by atoms with E-state index in [1.54, 1.807) is 31.2 Å². The zero-order valence-electron chi connectivity index (χ0n) is 10.4. The Labute approximate surface area is 105 Å². The summed E-state index contributed by atoms with van der Waals surface area (Å²) in [5, 5.41) is 14.0. The molecule has 0 aliphatic heterocycles. The minimum atomic E-state index is -0.703. The lowest BCUT2D eigenvalue weighted by Crippen LogP contribution is -2.32. The van der Waals surface area contributed by atoms with Crippen molar-refractivity contribution < 1.29 is 14.7 Å². The number of hydrogen-bond acceptors (Lipinski definition) is 4. The molecule has 1 aromatic carbocycles. The second-order valence-electron chi connectivity index (χ2n) is 3.70. The minimum absolute atomic E-state index is 0.131. The Balaban J connectivity index is 2.72. The summed E-state index contributed by atoms with van der Waals surface area (Å²) in [6.07, 6.45) is 0. The summed E-state index contributed by atoms with van der Waals surface area (Å²) in [7, 11) is 0. The molecule has 4 N–H and O–H groups in total. The molecule has 1 amide bonds. The lowest BCUT2D eigenvalue weighted by molar-refractivity contribution is -0.117. The Kier molecular flexibility index (Phi) is 4.98. The summed E-state index contributed by atoms with van der Waals surface area (Å²) in [6.45, 7) is 3.99. The molecule has 0 heterocycles. The third-order valence-electron chi connectivity index (χ3n) is 2.36. The summed E-state index contributed by atoms with van der Waals surface area (Å²) < 4.78 is 5.32. The van der Waals surface area contributed by atoms with E-state index in [-0.39, 0.29) is 11.7 Å². The Bertz CT molecular complexity index is 446. The van der Waals surface area contributed by atoms with Gasteiger partial charge in [-0.3, -0.25) is 4.79 Å². The van der Waals surface area contributed by atoms with Gasteiger partial charge in [0.15, 0.2) is 5.84 Å². The second-order valence-corrected chi connectivity index (χ2v) is 3.70. The third-order valence-corrected chi connectivity index (χ3v) is 2.36. The predicted molar refractivity (Wildman–Crippen MR) is 68.8 cm³/mol. The van der Waals surface area contributed by atoms with Gasteiger partial charge < -0.3 is 21.0 Å². The van der Waals surface area contributed by atoms with Crippen LogP contribution in [0.4, 0.5) is 5.69 Å². The molecule has 18 heavy (non-hydrogen) atoms. The fourth-order valence-corrected chi connectivity index (χ4v) is 1.30. The lowest BCUT2D eigenvalue weighted by Gasteiger charge is -2.11. The highest BCUT2D eigenvalue weighted by atomic mass is 16.5. The highest BCUT2D eigenvalue weighted by Crippen LogP contribution is 2.17. The molecular formula is C12H17N3O3. The first kappa shape index (κ1) is 13.8. The number of carbonyl (C=O) groups is 1. The van der Waals surface area contributed by atoms with E-state index in [9.17, 15) is 4.79 Å². The van der Waals surface area contributed by atoms with Crippen molar-refractivity contribution in [1.29, 1.82) is 0 Å². The number of anilines is 1. The molecule has 98 valence electrons. The Hall–Kier alpha value is -2.24. The molecule has 0 aliphatic carbocycles. The Morgan fingerprint density at radius 3 is 2.94 bits per heavy atom. The molecule has 0 aliphatic rings. The van der Waals surface area contributed by atoms with Crippen LogP contribution in [-0.2, 0) is 4.79 Å². The molecule has 1 rings (SSSR count). The van der Waals surface area contributed by atoms with E-state index < -0.39 is 5.92 Å². The van der Waals surface area contributed by atoms with Crippen molar-refractivity contribution in [3.8, 4) is 5.75 Å². The fourth-order valence-electron chi connectivity index (χ4n) is 1.30. The number of rotatable bonds is 5. The number of nitrogens with zero attached hydrogens (tertiary/aromatic N) is 1. The molecule has 0 aromatic heterocycles. The van der Waals surface area contributed by atoms with Crippen molar-refractivity contribution in [3.05, 3.63) is 24.3 Å². The number of nitrogens with two attached hydrogens (primary N) is 1. The maximum Gasteiger partial charge on any atom is 0.234 e. The summed E-state index contributed by atoms with van der Waals surface area (Å²) >= 11 is 0. The first-order valence-electron chi connectivity index (χ1n) is 5.59. The summed E-state index contributed by atoms with van der Waals surface area (Å²) in [6, 6.07) is 7.01.